The molecule has 0 atom stereocenters. The number of nitrogens with zero attached hydrogens (tertiary/aromatic N) is 4. The van der Waals surface area contributed by atoms with Crippen molar-refractivity contribution in [1.29, 1.82) is 0 Å². The summed E-state index contributed by atoms with van der Waals surface area (Å²) in [4.78, 5) is 24.7. The summed E-state index contributed by atoms with van der Waals surface area (Å²) in [5.74, 6) is 0.802. The minimum Gasteiger partial charge on any atom is -0.369 e. The maximum Gasteiger partial charge on any atom is 0.231 e. The van der Waals surface area contributed by atoms with E-state index in [1.807, 2.05) is 15.9 Å². The number of amides is 1. The molecule has 0 radical (unpaired) electrons. The summed E-state index contributed by atoms with van der Waals surface area (Å²) in [6.07, 6.45) is 7.37. The molecule has 0 aromatic carbocycles. The van der Waals surface area contributed by atoms with Gasteiger partial charge in [0, 0.05) is 28.6 Å². The van der Waals surface area contributed by atoms with Gasteiger partial charge in [-0.1, -0.05) is 13.8 Å². The second-order valence-electron chi connectivity index (χ2n) is 11.2. The van der Waals surface area contributed by atoms with E-state index < -0.39 is 0 Å². The molecule has 6 rings (SSSR count). The number of carbonyl (C=O) groups is 1. The average Bonchev–Trinajstić information content (AvgIpc) is 3.52. The van der Waals surface area contributed by atoms with Crippen molar-refractivity contribution in [2.24, 2.45) is 11.1 Å². The number of nitrogens with one attached hydrogen (secondary N) is 1. The molecule has 8 heteroatoms. The first-order valence-electron chi connectivity index (χ1n) is 12.6. The molecule has 184 valence electrons. The number of hydrogen-bond acceptors (Lipinski definition) is 5. The number of aromatic nitrogens is 4. The number of rotatable bonds is 5. The highest BCUT2D eigenvalue weighted by Crippen LogP contribution is 2.58. The van der Waals surface area contributed by atoms with Crippen LogP contribution in [0.4, 0.5) is 0 Å². The van der Waals surface area contributed by atoms with E-state index in [4.69, 9.17) is 5.73 Å². The van der Waals surface area contributed by atoms with Crippen molar-refractivity contribution < 1.29 is 4.79 Å². The van der Waals surface area contributed by atoms with Crippen LogP contribution in [-0.4, -0.2) is 50.0 Å². The monoisotopic (exact) mass is 490 g/mol. The van der Waals surface area contributed by atoms with Gasteiger partial charge in [0.1, 0.15) is 11.2 Å². The lowest BCUT2D eigenvalue weighted by Gasteiger charge is -2.45. The number of thiophene rings is 1. The third-order valence-corrected chi connectivity index (χ3v) is 9.93. The van der Waals surface area contributed by atoms with Crippen LogP contribution in [0.25, 0.3) is 27.1 Å². The third kappa shape index (κ3) is 3.44. The molecule has 0 bridgehead atoms. The predicted molar refractivity (Wildman–Crippen MR) is 141 cm³/mol. The van der Waals surface area contributed by atoms with Crippen molar-refractivity contribution >= 4 is 33.1 Å². The Labute approximate surface area is 209 Å². The summed E-state index contributed by atoms with van der Waals surface area (Å²) in [7, 11) is 0. The van der Waals surface area contributed by atoms with Crippen LogP contribution in [0.5, 0.6) is 0 Å². The molecule has 1 saturated carbocycles. The summed E-state index contributed by atoms with van der Waals surface area (Å²) < 4.78 is 1.89. The van der Waals surface area contributed by atoms with Gasteiger partial charge in [-0.3, -0.25) is 9.69 Å². The zero-order chi connectivity index (χ0) is 24.6. The maximum absolute atomic E-state index is 11.4. The van der Waals surface area contributed by atoms with Crippen LogP contribution >= 0.6 is 11.3 Å². The van der Waals surface area contributed by atoms with Gasteiger partial charge in [0.25, 0.3) is 0 Å². The topological polar surface area (TPSA) is 92.3 Å². The molecule has 2 aliphatic rings. The van der Waals surface area contributed by atoms with E-state index in [0.717, 1.165) is 18.7 Å². The second-order valence-corrected chi connectivity index (χ2v) is 12.3. The molecule has 35 heavy (non-hydrogen) atoms. The number of hydrogen-bond donors (Lipinski definition) is 2. The molecule has 1 saturated heterocycles. The molecule has 4 aromatic rings. The lowest BCUT2D eigenvalue weighted by Crippen LogP contribution is -2.40. The van der Waals surface area contributed by atoms with E-state index in [9.17, 15) is 4.79 Å². The number of H-pyrrole nitrogens is 1. The summed E-state index contributed by atoms with van der Waals surface area (Å²) >= 11 is 1.95. The summed E-state index contributed by atoms with van der Waals surface area (Å²) in [6, 6.07) is 0. The minimum absolute atomic E-state index is 0.216. The molecule has 2 fully saturated rings. The van der Waals surface area contributed by atoms with Gasteiger partial charge >= 0.3 is 0 Å². The Balaban J connectivity index is 1.36. The van der Waals surface area contributed by atoms with E-state index >= 15 is 0 Å². The van der Waals surface area contributed by atoms with Crippen LogP contribution in [0, 0.1) is 26.2 Å². The van der Waals surface area contributed by atoms with Crippen molar-refractivity contribution in [3.05, 3.63) is 39.7 Å². The number of likely N-dealkylation sites (tertiary alicyclic amines) is 1. The average molecular weight is 491 g/mol. The van der Waals surface area contributed by atoms with Gasteiger partial charge < -0.3 is 10.7 Å². The van der Waals surface area contributed by atoms with E-state index in [1.54, 1.807) is 11.2 Å². The van der Waals surface area contributed by atoms with Crippen LogP contribution < -0.4 is 5.73 Å². The minimum atomic E-state index is -0.216. The number of carbonyl (C=O) groups excluding carboxylic acids is 1. The van der Waals surface area contributed by atoms with E-state index in [2.05, 4.69) is 60.8 Å². The molecule has 7 nitrogen and oxygen atoms in total. The van der Waals surface area contributed by atoms with Crippen molar-refractivity contribution in [2.45, 2.75) is 65.7 Å². The molecule has 5 heterocycles. The van der Waals surface area contributed by atoms with E-state index in [1.165, 1.54) is 63.0 Å². The standard InChI is InChI=1S/C27H34N6OS/c1-14(2)21-22-17(5)24(18-8-27(9-18)6-7-32(12-27)11-20(28)34)35-26(22)31-23(21)19-10-33-25(29-13-30-33)16(4)15(19)3/h10,13-14,18,31H,6-9,11-12H2,1-5H3,(H2,28,34)/t18-,27-. The normalized spacial score (nSPS) is 22.7. The number of nitrogens with two attached hydrogens (primary N) is 1. The van der Waals surface area contributed by atoms with Crippen LogP contribution in [0.1, 0.15) is 72.1 Å². The Kier molecular flexibility index (Phi) is 5.13. The van der Waals surface area contributed by atoms with Gasteiger partial charge in [0.15, 0.2) is 5.65 Å². The summed E-state index contributed by atoms with van der Waals surface area (Å²) in [5.41, 5.74) is 14.4. The molecule has 3 N–H and O–H groups in total. The first kappa shape index (κ1) is 22.7. The summed E-state index contributed by atoms with van der Waals surface area (Å²) in [6.45, 7) is 13.6. The summed E-state index contributed by atoms with van der Waals surface area (Å²) in [5, 5.41) is 5.83. The largest absolute Gasteiger partial charge is 0.369 e. The number of fused-ring (bicyclic) bond motifs is 2. The van der Waals surface area contributed by atoms with Crippen LogP contribution in [0.15, 0.2) is 12.5 Å². The molecule has 1 aliphatic carbocycles. The van der Waals surface area contributed by atoms with Crippen molar-refractivity contribution in [3.63, 3.8) is 0 Å². The van der Waals surface area contributed by atoms with Gasteiger partial charge in [-0.05, 0) is 86.1 Å². The number of aromatic amines is 1. The maximum atomic E-state index is 11.4. The lowest BCUT2D eigenvalue weighted by molar-refractivity contribution is -0.119. The molecule has 4 aromatic heterocycles. The second kappa shape index (κ2) is 7.90. The molecular formula is C27H34N6OS. The van der Waals surface area contributed by atoms with Gasteiger partial charge in [0.05, 0.1) is 12.2 Å². The smallest absolute Gasteiger partial charge is 0.231 e. The highest BCUT2D eigenvalue weighted by Gasteiger charge is 2.49. The molecule has 0 unspecified atom stereocenters. The first-order chi connectivity index (χ1) is 16.7. The third-order valence-electron chi connectivity index (χ3n) is 8.56. The van der Waals surface area contributed by atoms with Gasteiger partial charge in [-0.25, -0.2) is 9.50 Å². The highest BCUT2D eigenvalue weighted by molar-refractivity contribution is 7.19. The fraction of sp³-hybridized carbons (Fsp3) is 0.519. The molecule has 1 aliphatic heterocycles. The fourth-order valence-electron chi connectivity index (χ4n) is 6.77. The quantitative estimate of drug-likeness (QED) is 0.410. The zero-order valence-electron chi connectivity index (χ0n) is 21.2. The molecular weight excluding hydrogens is 456 g/mol. The van der Waals surface area contributed by atoms with Crippen molar-refractivity contribution in [2.75, 3.05) is 19.6 Å². The number of primary amides is 1. The molecule has 1 amide bonds. The molecule has 1 spiro atoms. The first-order valence-corrected chi connectivity index (χ1v) is 13.4. The Bertz CT molecular complexity index is 1470. The van der Waals surface area contributed by atoms with E-state index in [0.29, 0.717) is 23.8 Å². The van der Waals surface area contributed by atoms with Gasteiger partial charge in [0.2, 0.25) is 5.91 Å². The van der Waals surface area contributed by atoms with Gasteiger partial charge in [-0.15, -0.1) is 11.3 Å². The zero-order valence-corrected chi connectivity index (χ0v) is 22.1. The van der Waals surface area contributed by atoms with Crippen molar-refractivity contribution in [1.82, 2.24) is 24.5 Å². The Morgan fingerprint density at radius 1 is 1.26 bits per heavy atom. The van der Waals surface area contributed by atoms with Crippen LogP contribution in [0.2, 0.25) is 0 Å². The fourth-order valence-corrected chi connectivity index (χ4v) is 8.10. The van der Waals surface area contributed by atoms with E-state index in [-0.39, 0.29) is 5.91 Å². The van der Waals surface area contributed by atoms with Crippen LogP contribution in [0.3, 0.4) is 0 Å². The lowest BCUT2D eigenvalue weighted by atomic mass is 9.60. The Hall–Kier alpha value is -2.71. The number of pyridine rings is 1. The Morgan fingerprint density at radius 3 is 2.74 bits per heavy atom. The Morgan fingerprint density at radius 2 is 2.03 bits per heavy atom. The number of aryl methyl sites for hydroxylation is 2. The van der Waals surface area contributed by atoms with Gasteiger partial charge in [-0.2, -0.15) is 5.10 Å². The predicted octanol–water partition coefficient (Wildman–Crippen LogP) is 5.04. The highest BCUT2D eigenvalue weighted by atomic mass is 32.1. The van der Waals surface area contributed by atoms with Crippen LogP contribution in [-0.2, 0) is 4.79 Å². The SMILES string of the molecule is Cc1c(-c2[nH]c3sc([C@H]4C[C@@]5(CCN(CC(N)=O)C5)C4)c(C)c3c2C(C)C)cn2ncnc2c1C. The van der Waals surface area contributed by atoms with Crippen molar-refractivity contribution in [3.8, 4) is 11.3 Å².